The van der Waals surface area contributed by atoms with Gasteiger partial charge >= 0.3 is 0 Å². The van der Waals surface area contributed by atoms with Crippen molar-refractivity contribution in [1.82, 2.24) is 0 Å². The summed E-state index contributed by atoms with van der Waals surface area (Å²) >= 11 is 0. The minimum absolute atomic E-state index is 0.175. The molecule has 4 rings (SSSR count). The maximum atomic E-state index is 13.1. The Morgan fingerprint density at radius 3 is 2.62 bits per heavy atom. The predicted octanol–water partition coefficient (Wildman–Crippen LogP) is 2.55. The van der Waals surface area contributed by atoms with E-state index in [0.29, 0.717) is 30.1 Å². The number of carbonyl (C=O) groups excluding carboxylic acids is 1. The van der Waals surface area contributed by atoms with Gasteiger partial charge in [-0.2, -0.15) is 0 Å². The molecule has 136 valence electrons. The summed E-state index contributed by atoms with van der Waals surface area (Å²) in [5.41, 5.74) is 2.03. The third-order valence-corrected chi connectivity index (χ3v) is 7.84. The fourth-order valence-corrected chi connectivity index (χ4v) is 6.06. The number of rotatable bonds is 4. The fourth-order valence-electron chi connectivity index (χ4n) is 3.70. The Bertz CT molecular complexity index is 974. The van der Waals surface area contributed by atoms with Crippen molar-refractivity contribution < 1.29 is 17.9 Å². The van der Waals surface area contributed by atoms with Crippen molar-refractivity contribution in [3.63, 3.8) is 0 Å². The Kier molecular flexibility index (Phi) is 3.73. The number of methoxy groups -OCH3 is 1. The van der Waals surface area contributed by atoms with Crippen molar-refractivity contribution in [2.24, 2.45) is 5.92 Å². The molecule has 1 heterocycles. The maximum absolute atomic E-state index is 13.1. The molecular formula is C19H20N2O4S. The number of fused-ring (bicyclic) bond motifs is 1. The fraction of sp³-hybridized carbons (Fsp3) is 0.316. The van der Waals surface area contributed by atoms with Gasteiger partial charge in [0.25, 0.3) is 0 Å². The van der Waals surface area contributed by atoms with Gasteiger partial charge in [0.15, 0.2) is 4.75 Å². The first-order chi connectivity index (χ1) is 12.4. The Balaban J connectivity index is 1.61. The molecule has 1 saturated carbocycles. The average Bonchev–Trinajstić information content (AvgIpc) is 3.33. The van der Waals surface area contributed by atoms with Crippen molar-refractivity contribution in [2.75, 3.05) is 23.3 Å². The average molecular weight is 372 g/mol. The van der Waals surface area contributed by atoms with E-state index in [1.165, 1.54) is 4.31 Å². The van der Waals surface area contributed by atoms with E-state index in [4.69, 9.17) is 4.74 Å². The summed E-state index contributed by atoms with van der Waals surface area (Å²) in [6, 6.07) is 14.2. The smallest absolute Gasteiger partial charge is 0.250 e. The van der Waals surface area contributed by atoms with Crippen molar-refractivity contribution >= 4 is 27.3 Å². The largest absolute Gasteiger partial charge is 0.497 e. The summed E-state index contributed by atoms with van der Waals surface area (Å²) in [6.45, 7) is 2.20. The van der Waals surface area contributed by atoms with Crippen LogP contribution in [0.2, 0.25) is 0 Å². The molecule has 7 heteroatoms. The van der Waals surface area contributed by atoms with Crippen LogP contribution in [0.1, 0.15) is 12.0 Å². The van der Waals surface area contributed by atoms with Crippen LogP contribution in [0.25, 0.3) is 0 Å². The first kappa shape index (κ1) is 16.9. The third-order valence-electron chi connectivity index (χ3n) is 5.30. The standard InChI is InChI=1S/C19H20N2O4S/c1-13-10-16(25-2)8-9-17(13)20-18(22)19-11-14(19)12-21(26(19,23)24)15-6-4-3-5-7-15/h3-10,14H,11-12H2,1-2H3,(H,20,22). The monoisotopic (exact) mass is 372 g/mol. The summed E-state index contributed by atoms with van der Waals surface area (Å²) in [7, 11) is -2.18. The lowest BCUT2D eigenvalue weighted by molar-refractivity contribution is -0.116. The summed E-state index contributed by atoms with van der Waals surface area (Å²) in [4.78, 5) is 12.9. The van der Waals surface area contributed by atoms with E-state index in [9.17, 15) is 13.2 Å². The van der Waals surface area contributed by atoms with Gasteiger partial charge in [0.2, 0.25) is 15.9 Å². The van der Waals surface area contributed by atoms with Crippen LogP contribution in [-0.4, -0.2) is 32.7 Å². The topological polar surface area (TPSA) is 75.7 Å². The number of anilines is 2. The number of amides is 1. The Hall–Kier alpha value is -2.54. The number of hydrogen-bond donors (Lipinski definition) is 1. The molecule has 2 fully saturated rings. The molecule has 2 atom stereocenters. The van der Waals surface area contributed by atoms with E-state index in [1.807, 2.05) is 13.0 Å². The van der Waals surface area contributed by atoms with Crippen LogP contribution in [0.5, 0.6) is 5.75 Å². The van der Waals surface area contributed by atoms with Gasteiger partial charge in [-0.25, -0.2) is 8.42 Å². The molecule has 1 N–H and O–H groups in total. The summed E-state index contributed by atoms with van der Waals surface area (Å²) in [6.07, 6.45) is 0.375. The zero-order chi connectivity index (χ0) is 18.5. The lowest BCUT2D eigenvalue weighted by Crippen LogP contribution is -2.42. The molecular weight excluding hydrogens is 352 g/mol. The van der Waals surface area contributed by atoms with Gasteiger partial charge in [0.05, 0.1) is 12.8 Å². The minimum atomic E-state index is -3.75. The van der Waals surface area contributed by atoms with Gasteiger partial charge < -0.3 is 10.1 Å². The van der Waals surface area contributed by atoms with Crippen molar-refractivity contribution in [3.05, 3.63) is 54.1 Å². The van der Waals surface area contributed by atoms with Crippen molar-refractivity contribution in [3.8, 4) is 5.75 Å². The highest BCUT2D eigenvalue weighted by Gasteiger charge is 2.75. The van der Waals surface area contributed by atoms with Gasteiger partial charge in [0, 0.05) is 18.2 Å². The van der Waals surface area contributed by atoms with Gasteiger partial charge in [-0.1, -0.05) is 18.2 Å². The molecule has 2 aromatic rings. The molecule has 2 aromatic carbocycles. The molecule has 1 aliphatic heterocycles. The van der Waals surface area contributed by atoms with Gasteiger partial charge in [-0.3, -0.25) is 9.10 Å². The van der Waals surface area contributed by atoms with Crippen LogP contribution in [0.15, 0.2) is 48.5 Å². The Labute approximate surface area is 152 Å². The highest BCUT2D eigenvalue weighted by atomic mass is 32.2. The van der Waals surface area contributed by atoms with Crippen molar-refractivity contribution in [2.45, 2.75) is 18.1 Å². The van der Waals surface area contributed by atoms with E-state index in [1.54, 1.807) is 49.6 Å². The van der Waals surface area contributed by atoms with Crippen LogP contribution in [0.3, 0.4) is 0 Å². The van der Waals surface area contributed by atoms with Crippen LogP contribution in [0.4, 0.5) is 11.4 Å². The van der Waals surface area contributed by atoms with E-state index >= 15 is 0 Å². The zero-order valence-corrected chi connectivity index (χ0v) is 15.4. The quantitative estimate of drug-likeness (QED) is 0.895. The Morgan fingerprint density at radius 2 is 1.96 bits per heavy atom. The molecule has 0 aromatic heterocycles. The van der Waals surface area contributed by atoms with Gasteiger partial charge in [0.1, 0.15) is 5.75 Å². The molecule has 1 saturated heterocycles. The highest BCUT2D eigenvalue weighted by Crippen LogP contribution is 2.58. The second-order valence-electron chi connectivity index (χ2n) is 6.80. The number of hydrogen-bond acceptors (Lipinski definition) is 4. The van der Waals surface area contributed by atoms with Crippen LogP contribution < -0.4 is 14.4 Å². The first-order valence-corrected chi connectivity index (χ1v) is 9.87. The van der Waals surface area contributed by atoms with Gasteiger partial charge in [-0.15, -0.1) is 0 Å². The number of sulfonamides is 1. The molecule has 0 bridgehead atoms. The molecule has 0 spiro atoms. The number of benzene rings is 2. The lowest BCUT2D eigenvalue weighted by Gasteiger charge is -2.23. The number of nitrogens with zero attached hydrogens (tertiary/aromatic N) is 1. The van der Waals surface area contributed by atoms with Crippen LogP contribution >= 0.6 is 0 Å². The zero-order valence-electron chi connectivity index (χ0n) is 14.6. The normalized spacial score (nSPS) is 25.5. The lowest BCUT2D eigenvalue weighted by atomic mass is 10.1. The van der Waals surface area contributed by atoms with Gasteiger partial charge in [-0.05, 0) is 49.2 Å². The SMILES string of the molecule is COc1ccc(NC(=O)C23CC2CN(c2ccccc2)S3(=O)=O)c(C)c1. The van der Waals surface area contributed by atoms with E-state index < -0.39 is 20.7 Å². The molecule has 26 heavy (non-hydrogen) atoms. The van der Waals surface area contributed by atoms with Crippen molar-refractivity contribution in [1.29, 1.82) is 0 Å². The summed E-state index contributed by atoms with van der Waals surface area (Å²) in [5.74, 6) is 0.0622. The molecule has 0 radical (unpaired) electrons. The van der Waals surface area contributed by atoms with Crippen LogP contribution in [-0.2, 0) is 14.8 Å². The number of carbonyl (C=O) groups is 1. The first-order valence-electron chi connectivity index (χ1n) is 8.43. The summed E-state index contributed by atoms with van der Waals surface area (Å²) in [5, 5.41) is 2.81. The third kappa shape index (κ3) is 2.30. The minimum Gasteiger partial charge on any atom is -0.497 e. The molecule has 1 amide bonds. The summed E-state index contributed by atoms with van der Waals surface area (Å²) < 4.78 is 31.4. The number of nitrogens with one attached hydrogen (secondary N) is 1. The van der Waals surface area contributed by atoms with Crippen LogP contribution in [0, 0.1) is 12.8 Å². The number of para-hydroxylation sites is 1. The molecule has 6 nitrogen and oxygen atoms in total. The molecule has 1 aliphatic carbocycles. The number of aryl methyl sites for hydroxylation is 1. The molecule has 2 unspecified atom stereocenters. The van der Waals surface area contributed by atoms with E-state index in [2.05, 4.69) is 5.32 Å². The maximum Gasteiger partial charge on any atom is 0.250 e. The predicted molar refractivity (Wildman–Crippen MR) is 99.9 cm³/mol. The van der Waals surface area contributed by atoms with E-state index in [0.717, 1.165) is 5.56 Å². The molecule has 2 aliphatic rings. The van der Waals surface area contributed by atoms with E-state index in [-0.39, 0.29) is 5.92 Å². The Morgan fingerprint density at radius 1 is 1.23 bits per heavy atom. The number of ether oxygens (including phenoxy) is 1. The second kappa shape index (κ2) is 5.74. The highest BCUT2D eigenvalue weighted by molar-refractivity contribution is 7.95. The second-order valence-corrected chi connectivity index (χ2v) is 8.92.